The number of hydrogen-bond donors (Lipinski definition) is 3. The van der Waals surface area contributed by atoms with Gasteiger partial charge in [0.05, 0.1) is 12.6 Å². The SMILES string of the molecule is CN[C@@H](C)C(=O)N[C@H](C(=O)N1CCN(Cc2ccccc2)C[C@@H]1OC(=O)NCCC(C)C)C(C)C. The van der Waals surface area contributed by atoms with Gasteiger partial charge in [0.2, 0.25) is 11.8 Å². The zero-order valence-electron chi connectivity index (χ0n) is 22.0. The molecule has 0 bridgehead atoms. The molecule has 0 aromatic heterocycles. The maximum Gasteiger partial charge on any atom is 0.409 e. The van der Waals surface area contributed by atoms with Crippen LogP contribution in [0.5, 0.6) is 0 Å². The van der Waals surface area contributed by atoms with Gasteiger partial charge in [0.15, 0.2) is 6.23 Å². The molecule has 0 unspecified atom stereocenters. The molecule has 1 aromatic carbocycles. The molecule has 3 atom stereocenters. The summed E-state index contributed by atoms with van der Waals surface area (Å²) in [6, 6.07) is 8.93. The molecule has 1 fully saturated rings. The minimum absolute atomic E-state index is 0.127. The molecular formula is C26H43N5O4. The number of hydrogen-bond acceptors (Lipinski definition) is 6. The van der Waals surface area contributed by atoms with Crippen molar-refractivity contribution >= 4 is 17.9 Å². The molecule has 0 radical (unpaired) electrons. The standard InChI is InChI=1S/C26H43N5O4/c1-18(2)12-13-28-26(34)35-22-17-30(16-21-10-8-7-9-11-21)14-15-31(22)25(33)23(19(3)4)29-24(32)20(5)27-6/h7-11,18-20,22-23,27H,12-17H2,1-6H3,(H,28,34)(H,29,32)/t20-,22-,23-/m0/s1. The second-order valence-corrected chi connectivity index (χ2v) is 9.96. The van der Waals surface area contributed by atoms with Crippen LogP contribution in [0.25, 0.3) is 0 Å². The fourth-order valence-electron chi connectivity index (χ4n) is 3.87. The Labute approximate surface area is 209 Å². The number of amides is 3. The summed E-state index contributed by atoms with van der Waals surface area (Å²) in [6.45, 7) is 12.4. The van der Waals surface area contributed by atoms with Gasteiger partial charge >= 0.3 is 6.09 Å². The number of carbonyl (C=O) groups excluding carboxylic acids is 3. The van der Waals surface area contributed by atoms with Gasteiger partial charge in [-0.3, -0.25) is 14.5 Å². The zero-order chi connectivity index (χ0) is 26.0. The minimum Gasteiger partial charge on any atom is -0.424 e. The third kappa shape index (κ3) is 9.14. The molecule has 1 aliphatic heterocycles. The first-order valence-electron chi connectivity index (χ1n) is 12.6. The molecule has 1 aromatic rings. The molecular weight excluding hydrogens is 446 g/mol. The molecule has 35 heavy (non-hydrogen) atoms. The Morgan fingerprint density at radius 2 is 1.74 bits per heavy atom. The Morgan fingerprint density at radius 1 is 1.06 bits per heavy atom. The van der Waals surface area contributed by atoms with Crippen LogP contribution in [0.4, 0.5) is 4.79 Å². The first-order valence-corrected chi connectivity index (χ1v) is 12.6. The van der Waals surface area contributed by atoms with Gasteiger partial charge in [-0.15, -0.1) is 0 Å². The van der Waals surface area contributed by atoms with Gasteiger partial charge in [-0.2, -0.15) is 0 Å². The third-order valence-corrected chi connectivity index (χ3v) is 6.24. The highest BCUT2D eigenvalue weighted by atomic mass is 16.6. The van der Waals surface area contributed by atoms with Crippen LogP contribution in [0.15, 0.2) is 30.3 Å². The van der Waals surface area contributed by atoms with Gasteiger partial charge in [0, 0.05) is 26.2 Å². The first-order chi connectivity index (χ1) is 16.6. The number of alkyl carbamates (subject to hydrolysis) is 1. The van der Waals surface area contributed by atoms with Crippen LogP contribution in [-0.2, 0) is 20.9 Å². The Bertz CT molecular complexity index is 817. The van der Waals surface area contributed by atoms with Gasteiger partial charge in [0.25, 0.3) is 0 Å². The van der Waals surface area contributed by atoms with Crippen molar-refractivity contribution in [1.29, 1.82) is 0 Å². The number of piperazine rings is 1. The highest BCUT2D eigenvalue weighted by Crippen LogP contribution is 2.18. The summed E-state index contributed by atoms with van der Waals surface area (Å²) < 4.78 is 5.77. The first kappa shape index (κ1) is 28.6. The lowest BCUT2D eigenvalue weighted by atomic mass is 10.0. The zero-order valence-corrected chi connectivity index (χ0v) is 22.0. The van der Waals surface area contributed by atoms with E-state index in [4.69, 9.17) is 4.74 Å². The Balaban J connectivity index is 2.15. The summed E-state index contributed by atoms with van der Waals surface area (Å²) in [7, 11) is 1.70. The number of ether oxygens (including phenoxy) is 1. The molecule has 2 rings (SSSR count). The average molecular weight is 490 g/mol. The fraction of sp³-hybridized carbons (Fsp3) is 0.654. The maximum absolute atomic E-state index is 13.6. The van der Waals surface area contributed by atoms with Crippen LogP contribution >= 0.6 is 0 Å². The molecule has 0 saturated carbocycles. The maximum atomic E-state index is 13.6. The van der Waals surface area contributed by atoms with Gasteiger partial charge < -0.3 is 25.6 Å². The van der Waals surface area contributed by atoms with E-state index in [1.165, 1.54) is 0 Å². The summed E-state index contributed by atoms with van der Waals surface area (Å²) in [5, 5.41) is 8.57. The van der Waals surface area contributed by atoms with Crippen LogP contribution in [0.1, 0.15) is 46.6 Å². The summed E-state index contributed by atoms with van der Waals surface area (Å²) in [5.74, 6) is -0.152. The molecule has 1 heterocycles. The number of nitrogens with one attached hydrogen (secondary N) is 3. The molecule has 0 aliphatic carbocycles. The number of rotatable bonds is 11. The number of likely N-dealkylation sites (N-methyl/N-ethyl adjacent to an activating group) is 1. The van der Waals surface area contributed by atoms with E-state index in [1.54, 1.807) is 18.9 Å². The van der Waals surface area contributed by atoms with Crippen molar-refractivity contribution in [3.8, 4) is 0 Å². The van der Waals surface area contributed by atoms with Crippen LogP contribution < -0.4 is 16.0 Å². The number of benzene rings is 1. The topological polar surface area (TPSA) is 103 Å². The van der Waals surface area contributed by atoms with Crippen molar-refractivity contribution in [2.45, 2.75) is 65.9 Å². The Morgan fingerprint density at radius 3 is 2.34 bits per heavy atom. The van der Waals surface area contributed by atoms with Crippen molar-refractivity contribution in [2.75, 3.05) is 33.2 Å². The lowest BCUT2D eigenvalue weighted by Gasteiger charge is -2.42. The van der Waals surface area contributed by atoms with Gasteiger partial charge in [0.1, 0.15) is 6.04 Å². The smallest absolute Gasteiger partial charge is 0.409 e. The Kier molecular flexibility index (Phi) is 11.5. The number of carbonyl (C=O) groups is 3. The van der Waals surface area contributed by atoms with Crippen molar-refractivity contribution in [2.24, 2.45) is 11.8 Å². The second kappa shape index (κ2) is 14.0. The molecule has 1 saturated heterocycles. The van der Waals surface area contributed by atoms with Crippen LogP contribution in [0.2, 0.25) is 0 Å². The molecule has 9 nitrogen and oxygen atoms in total. The quantitative estimate of drug-likeness (QED) is 0.440. The lowest BCUT2D eigenvalue weighted by Crippen LogP contribution is -2.62. The second-order valence-electron chi connectivity index (χ2n) is 9.96. The van der Waals surface area contributed by atoms with Crippen LogP contribution in [0, 0.1) is 11.8 Å². The van der Waals surface area contributed by atoms with Crippen LogP contribution in [0.3, 0.4) is 0 Å². The predicted molar refractivity (Wildman–Crippen MR) is 136 cm³/mol. The van der Waals surface area contributed by atoms with Gasteiger partial charge in [-0.05, 0) is 37.8 Å². The monoisotopic (exact) mass is 489 g/mol. The third-order valence-electron chi connectivity index (χ3n) is 6.24. The largest absolute Gasteiger partial charge is 0.424 e. The van der Waals surface area contributed by atoms with Crippen molar-refractivity contribution in [3.63, 3.8) is 0 Å². The fourth-order valence-corrected chi connectivity index (χ4v) is 3.87. The van der Waals surface area contributed by atoms with E-state index in [-0.39, 0.29) is 17.7 Å². The van der Waals surface area contributed by atoms with E-state index in [2.05, 4.69) is 46.8 Å². The Hall–Kier alpha value is -2.65. The van der Waals surface area contributed by atoms with E-state index >= 15 is 0 Å². The van der Waals surface area contributed by atoms with Gasteiger partial charge in [-0.25, -0.2) is 4.79 Å². The minimum atomic E-state index is -0.751. The summed E-state index contributed by atoms with van der Waals surface area (Å²) in [6.07, 6.45) is -0.448. The van der Waals surface area contributed by atoms with E-state index in [0.717, 1.165) is 12.0 Å². The molecule has 3 amide bonds. The van der Waals surface area contributed by atoms with Gasteiger partial charge in [-0.1, -0.05) is 58.0 Å². The van der Waals surface area contributed by atoms with E-state index < -0.39 is 24.4 Å². The van der Waals surface area contributed by atoms with Crippen LogP contribution in [-0.4, -0.2) is 79.2 Å². The predicted octanol–water partition coefficient (Wildman–Crippen LogP) is 2.18. The van der Waals surface area contributed by atoms with Crippen molar-refractivity contribution < 1.29 is 19.1 Å². The molecule has 0 spiro atoms. The highest BCUT2D eigenvalue weighted by Gasteiger charge is 2.38. The highest BCUT2D eigenvalue weighted by molar-refractivity contribution is 5.90. The van der Waals surface area contributed by atoms with Crippen molar-refractivity contribution in [1.82, 2.24) is 25.8 Å². The summed E-state index contributed by atoms with van der Waals surface area (Å²) >= 11 is 0. The molecule has 9 heteroatoms. The molecule has 1 aliphatic rings. The van der Waals surface area contributed by atoms with E-state index in [9.17, 15) is 14.4 Å². The number of nitrogens with zero attached hydrogens (tertiary/aromatic N) is 2. The molecule has 196 valence electrons. The van der Waals surface area contributed by atoms with Crippen molar-refractivity contribution in [3.05, 3.63) is 35.9 Å². The van der Waals surface area contributed by atoms with E-state index in [1.807, 2.05) is 32.0 Å². The normalized spacial score (nSPS) is 18.3. The summed E-state index contributed by atoms with van der Waals surface area (Å²) in [5.41, 5.74) is 1.15. The van der Waals surface area contributed by atoms with E-state index in [0.29, 0.717) is 38.6 Å². The summed E-state index contributed by atoms with van der Waals surface area (Å²) in [4.78, 5) is 42.5. The lowest BCUT2D eigenvalue weighted by molar-refractivity contribution is -0.153. The molecule has 3 N–H and O–H groups in total. The average Bonchev–Trinajstić information content (AvgIpc) is 2.81.